The first-order valence-electron chi connectivity index (χ1n) is 6.76. The predicted octanol–water partition coefficient (Wildman–Crippen LogP) is 1.56. The summed E-state index contributed by atoms with van der Waals surface area (Å²) in [5, 5.41) is 12.4. The summed E-state index contributed by atoms with van der Waals surface area (Å²) in [4.78, 5) is 14.0. The molecule has 1 aliphatic rings. The minimum Gasteiger partial charge on any atom is -0.397 e. The smallest absolute Gasteiger partial charge is 0.238 e. The highest BCUT2D eigenvalue weighted by Gasteiger charge is 2.20. The summed E-state index contributed by atoms with van der Waals surface area (Å²) in [7, 11) is 0. The molecule has 0 radical (unpaired) electrons. The number of nitrogens with zero attached hydrogens (tertiary/aromatic N) is 1. The predicted molar refractivity (Wildman–Crippen MR) is 80.7 cm³/mol. The van der Waals surface area contributed by atoms with Crippen LogP contribution in [0.5, 0.6) is 0 Å². The van der Waals surface area contributed by atoms with Gasteiger partial charge in [0.05, 0.1) is 17.3 Å². The number of benzene rings is 1. The number of likely N-dealkylation sites (tertiary alicyclic amines) is 1. The Morgan fingerprint density at radius 2 is 2.15 bits per heavy atom. The number of hydrogen-bond donors (Lipinski definition) is 3. The molecule has 1 saturated heterocycles. The maximum absolute atomic E-state index is 12.0. The summed E-state index contributed by atoms with van der Waals surface area (Å²) in [5.74, 6) is 0.319. The number of aliphatic hydroxyl groups excluding tert-OH is 1. The number of nitrogen functional groups attached to an aromatic ring is 1. The Balaban J connectivity index is 1.82. The lowest BCUT2D eigenvalue weighted by atomic mass is 9.98. The van der Waals surface area contributed by atoms with E-state index in [1.165, 1.54) is 0 Å². The lowest BCUT2D eigenvalue weighted by Crippen LogP contribution is -2.39. The van der Waals surface area contributed by atoms with Crippen molar-refractivity contribution in [3.8, 4) is 0 Å². The van der Waals surface area contributed by atoms with Crippen LogP contribution in [0.2, 0.25) is 5.02 Å². The van der Waals surface area contributed by atoms with Gasteiger partial charge in [0.25, 0.3) is 0 Å². The second-order valence-electron chi connectivity index (χ2n) is 5.19. The second kappa shape index (κ2) is 6.92. The number of halogens is 1. The highest BCUT2D eigenvalue weighted by molar-refractivity contribution is 6.33. The molecule has 0 aliphatic carbocycles. The van der Waals surface area contributed by atoms with E-state index in [2.05, 4.69) is 10.2 Å². The van der Waals surface area contributed by atoms with E-state index in [1.54, 1.807) is 18.2 Å². The number of hydrogen-bond acceptors (Lipinski definition) is 4. The number of amides is 1. The molecule has 1 aromatic rings. The van der Waals surface area contributed by atoms with Crippen molar-refractivity contribution in [3.05, 3.63) is 23.2 Å². The van der Waals surface area contributed by atoms with Gasteiger partial charge in [0.15, 0.2) is 0 Å². The third-order valence-corrected chi connectivity index (χ3v) is 3.96. The van der Waals surface area contributed by atoms with Crippen molar-refractivity contribution >= 4 is 28.9 Å². The van der Waals surface area contributed by atoms with Crippen LogP contribution in [0.1, 0.15) is 12.8 Å². The summed E-state index contributed by atoms with van der Waals surface area (Å²) >= 11 is 5.83. The monoisotopic (exact) mass is 297 g/mol. The molecule has 110 valence electrons. The van der Waals surface area contributed by atoms with Crippen molar-refractivity contribution in [2.75, 3.05) is 37.3 Å². The molecule has 20 heavy (non-hydrogen) atoms. The van der Waals surface area contributed by atoms with E-state index in [0.717, 1.165) is 25.9 Å². The Morgan fingerprint density at radius 1 is 1.45 bits per heavy atom. The fourth-order valence-corrected chi connectivity index (χ4v) is 2.47. The van der Waals surface area contributed by atoms with Crippen LogP contribution < -0.4 is 11.1 Å². The van der Waals surface area contributed by atoms with E-state index in [-0.39, 0.29) is 12.5 Å². The van der Waals surface area contributed by atoms with Gasteiger partial charge in [-0.05, 0) is 50.0 Å². The number of nitrogens with one attached hydrogen (secondary N) is 1. The van der Waals surface area contributed by atoms with Crippen LogP contribution in [0.15, 0.2) is 18.2 Å². The molecule has 1 amide bonds. The maximum atomic E-state index is 12.0. The largest absolute Gasteiger partial charge is 0.397 e. The SMILES string of the molecule is Nc1cc(NC(=O)CN2CCC(CO)CC2)ccc1Cl. The second-order valence-corrected chi connectivity index (χ2v) is 5.59. The van der Waals surface area contributed by atoms with E-state index >= 15 is 0 Å². The molecule has 0 unspecified atom stereocenters. The van der Waals surface area contributed by atoms with Gasteiger partial charge in [-0.2, -0.15) is 0 Å². The lowest BCUT2D eigenvalue weighted by Gasteiger charge is -2.30. The minimum absolute atomic E-state index is 0.0610. The van der Waals surface area contributed by atoms with Crippen LogP contribution >= 0.6 is 11.6 Å². The van der Waals surface area contributed by atoms with Crippen LogP contribution in [0.25, 0.3) is 0 Å². The molecule has 6 heteroatoms. The minimum atomic E-state index is -0.0610. The molecule has 4 N–H and O–H groups in total. The number of aliphatic hydroxyl groups is 1. The third-order valence-electron chi connectivity index (χ3n) is 3.61. The summed E-state index contributed by atoms with van der Waals surface area (Å²) in [6.45, 7) is 2.30. The third kappa shape index (κ3) is 4.10. The first kappa shape index (κ1) is 15.1. The zero-order valence-electron chi connectivity index (χ0n) is 11.3. The van der Waals surface area contributed by atoms with E-state index in [4.69, 9.17) is 22.4 Å². The molecule has 5 nitrogen and oxygen atoms in total. The van der Waals surface area contributed by atoms with Gasteiger partial charge in [0, 0.05) is 12.3 Å². The Hall–Kier alpha value is -1.30. The Labute approximate surface area is 123 Å². The zero-order chi connectivity index (χ0) is 14.5. The van der Waals surface area contributed by atoms with Gasteiger partial charge >= 0.3 is 0 Å². The van der Waals surface area contributed by atoms with Crippen molar-refractivity contribution in [2.45, 2.75) is 12.8 Å². The molecule has 0 aromatic heterocycles. The van der Waals surface area contributed by atoms with Gasteiger partial charge in [0.1, 0.15) is 0 Å². The van der Waals surface area contributed by atoms with Crippen molar-refractivity contribution < 1.29 is 9.90 Å². The number of piperidine rings is 1. The summed E-state index contributed by atoms with van der Waals surface area (Å²) < 4.78 is 0. The highest BCUT2D eigenvalue weighted by atomic mass is 35.5. The molecule has 1 fully saturated rings. The molecule has 1 aliphatic heterocycles. The lowest BCUT2D eigenvalue weighted by molar-refractivity contribution is -0.117. The van der Waals surface area contributed by atoms with E-state index in [0.29, 0.717) is 28.9 Å². The highest BCUT2D eigenvalue weighted by Crippen LogP contribution is 2.22. The summed E-state index contributed by atoms with van der Waals surface area (Å²) in [6.07, 6.45) is 1.88. The first-order chi connectivity index (χ1) is 9.58. The normalized spacial score (nSPS) is 17.1. The van der Waals surface area contributed by atoms with Crippen LogP contribution in [0, 0.1) is 5.92 Å². The number of rotatable bonds is 4. The van der Waals surface area contributed by atoms with Crippen molar-refractivity contribution in [2.24, 2.45) is 5.92 Å². The standard InChI is InChI=1S/C14H20ClN3O2/c15-12-2-1-11(7-13(12)16)17-14(20)8-18-5-3-10(9-19)4-6-18/h1-2,7,10,19H,3-6,8-9,16H2,(H,17,20). The van der Waals surface area contributed by atoms with Crippen LogP contribution in [-0.2, 0) is 4.79 Å². The Morgan fingerprint density at radius 3 is 2.75 bits per heavy atom. The molecular weight excluding hydrogens is 278 g/mol. The molecule has 0 saturated carbocycles. The molecule has 1 heterocycles. The van der Waals surface area contributed by atoms with E-state index in [9.17, 15) is 4.79 Å². The van der Waals surface area contributed by atoms with Crippen molar-refractivity contribution in [1.29, 1.82) is 0 Å². The molecule has 2 rings (SSSR count). The van der Waals surface area contributed by atoms with Gasteiger partial charge in [-0.25, -0.2) is 0 Å². The molecule has 0 atom stereocenters. The number of carbonyl (C=O) groups excluding carboxylic acids is 1. The number of carbonyl (C=O) groups is 1. The molecule has 0 bridgehead atoms. The van der Waals surface area contributed by atoms with Crippen LogP contribution in [-0.4, -0.2) is 42.2 Å². The maximum Gasteiger partial charge on any atom is 0.238 e. The molecular formula is C14H20ClN3O2. The van der Waals surface area contributed by atoms with Gasteiger partial charge in [-0.3, -0.25) is 9.69 Å². The first-order valence-corrected chi connectivity index (χ1v) is 7.14. The van der Waals surface area contributed by atoms with Crippen molar-refractivity contribution in [3.63, 3.8) is 0 Å². The average molecular weight is 298 g/mol. The van der Waals surface area contributed by atoms with Gasteiger partial charge in [-0.1, -0.05) is 11.6 Å². The van der Waals surface area contributed by atoms with Gasteiger partial charge in [-0.15, -0.1) is 0 Å². The van der Waals surface area contributed by atoms with E-state index in [1.807, 2.05) is 0 Å². The molecule has 0 spiro atoms. The summed E-state index contributed by atoms with van der Waals surface area (Å²) in [6, 6.07) is 5.05. The number of anilines is 2. The van der Waals surface area contributed by atoms with Gasteiger partial charge < -0.3 is 16.2 Å². The quantitative estimate of drug-likeness (QED) is 0.737. The van der Waals surface area contributed by atoms with E-state index < -0.39 is 0 Å². The topological polar surface area (TPSA) is 78.6 Å². The van der Waals surface area contributed by atoms with Gasteiger partial charge in [0.2, 0.25) is 5.91 Å². The Kier molecular flexibility index (Phi) is 5.23. The van der Waals surface area contributed by atoms with Crippen LogP contribution in [0.4, 0.5) is 11.4 Å². The van der Waals surface area contributed by atoms with Crippen molar-refractivity contribution in [1.82, 2.24) is 4.90 Å². The van der Waals surface area contributed by atoms with Crippen LogP contribution in [0.3, 0.4) is 0 Å². The zero-order valence-corrected chi connectivity index (χ0v) is 12.1. The Bertz CT molecular complexity index is 473. The fraction of sp³-hybridized carbons (Fsp3) is 0.500. The average Bonchev–Trinajstić information content (AvgIpc) is 2.44. The summed E-state index contributed by atoms with van der Waals surface area (Å²) in [5.41, 5.74) is 6.80. The number of nitrogens with two attached hydrogens (primary N) is 1. The fourth-order valence-electron chi connectivity index (χ4n) is 2.35. The molecule has 1 aromatic carbocycles.